The fourth-order valence-corrected chi connectivity index (χ4v) is 2.80. The van der Waals surface area contributed by atoms with E-state index in [1.165, 1.54) is 0 Å². The summed E-state index contributed by atoms with van der Waals surface area (Å²) < 4.78 is 5.46. The lowest BCUT2D eigenvalue weighted by atomic mass is 9.81. The second-order valence-electron chi connectivity index (χ2n) is 6.74. The van der Waals surface area contributed by atoms with E-state index in [0.717, 1.165) is 30.8 Å². The van der Waals surface area contributed by atoms with Crippen LogP contribution in [0.2, 0.25) is 0 Å². The average Bonchev–Trinajstić information content (AvgIpc) is 2.97. The third-order valence-electron chi connectivity index (χ3n) is 4.03. The molecule has 0 aliphatic carbocycles. The third-order valence-corrected chi connectivity index (χ3v) is 4.03. The summed E-state index contributed by atoms with van der Waals surface area (Å²) in [4.78, 5) is 12.5. The SMILES string of the molecule is COc1ccccc1[C@@H](NC(=O)[C@H]1CCNC1)C(C)(C)C. The van der Waals surface area contributed by atoms with Crippen molar-refractivity contribution in [1.82, 2.24) is 10.6 Å². The van der Waals surface area contributed by atoms with Crippen LogP contribution in [0.25, 0.3) is 0 Å². The van der Waals surface area contributed by atoms with E-state index in [9.17, 15) is 4.79 Å². The van der Waals surface area contributed by atoms with Crippen LogP contribution in [0.5, 0.6) is 5.75 Å². The molecule has 1 aromatic rings. The maximum absolute atomic E-state index is 12.5. The van der Waals surface area contributed by atoms with Crippen LogP contribution in [0.15, 0.2) is 24.3 Å². The summed E-state index contributed by atoms with van der Waals surface area (Å²) in [6.45, 7) is 8.10. The molecule has 116 valence electrons. The molecule has 2 N–H and O–H groups in total. The summed E-state index contributed by atoms with van der Waals surface area (Å²) in [5.74, 6) is 1.03. The molecular formula is C17H26N2O2. The van der Waals surface area contributed by atoms with Crippen molar-refractivity contribution in [1.29, 1.82) is 0 Å². The summed E-state index contributed by atoms with van der Waals surface area (Å²) in [7, 11) is 1.67. The highest BCUT2D eigenvalue weighted by Crippen LogP contribution is 2.37. The minimum Gasteiger partial charge on any atom is -0.496 e. The van der Waals surface area contributed by atoms with Crippen molar-refractivity contribution in [2.45, 2.75) is 33.2 Å². The summed E-state index contributed by atoms with van der Waals surface area (Å²) in [6.07, 6.45) is 0.911. The largest absolute Gasteiger partial charge is 0.496 e. The molecule has 4 heteroatoms. The zero-order chi connectivity index (χ0) is 15.5. The van der Waals surface area contributed by atoms with E-state index in [1.54, 1.807) is 7.11 Å². The van der Waals surface area contributed by atoms with E-state index in [1.807, 2.05) is 24.3 Å². The highest BCUT2D eigenvalue weighted by molar-refractivity contribution is 5.80. The Hall–Kier alpha value is -1.55. The van der Waals surface area contributed by atoms with Gasteiger partial charge in [0.25, 0.3) is 0 Å². The topological polar surface area (TPSA) is 50.4 Å². The number of ether oxygens (including phenoxy) is 1. The van der Waals surface area contributed by atoms with E-state index in [2.05, 4.69) is 31.4 Å². The van der Waals surface area contributed by atoms with Crippen molar-refractivity contribution in [3.63, 3.8) is 0 Å². The van der Waals surface area contributed by atoms with Gasteiger partial charge in [0.15, 0.2) is 0 Å². The fourth-order valence-electron chi connectivity index (χ4n) is 2.80. The van der Waals surface area contributed by atoms with Crippen LogP contribution < -0.4 is 15.4 Å². The van der Waals surface area contributed by atoms with Crippen LogP contribution in [0.4, 0.5) is 0 Å². The molecular weight excluding hydrogens is 264 g/mol. The number of carbonyl (C=O) groups excluding carboxylic acids is 1. The molecule has 1 aliphatic rings. The molecule has 0 saturated carbocycles. The molecule has 4 nitrogen and oxygen atoms in total. The van der Waals surface area contributed by atoms with Gasteiger partial charge >= 0.3 is 0 Å². The average molecular weight is 290 g/mol. The normalized spacial score (nSPS) is 20.1. The lowest BCUT2D eigenvalue weighted by Gasteiger charge is -2.33. The molecule has 1 aromatic carbocycles. The Morgan fingerprint density at radius 1 is 1.38 bits per heavy atom. The highest BCUT2D eigenvalue weighted by Gasteiger charge is 2.32. The number of methoxy groups -OCH3 is 1. The van der Waals surface area contributed by atoms with Crippen molar-refractivity contribution in [2.24, 2.45) is 11.3 Å². The number of hydrogen-bond donors (Lipinski definition) is 2. The number of amides is 1. The molecule has 0 bridgehead atoms. The van der Waals surface area contributed by atoms with Crippen LogP contribution in [0.1, 0.15) is 38.8 Å². The zero-order valence-electron chi connectivity index (χ0n) is 13.4. The van der Waals surface area contributed by atoms with Gasteiger partial charge in [0.2, 0.25) is 5.91 Å². The smallest absolute Gasteiger partial charge is 0.224 e. The maximum atomic E-state index is 12.5. The number of hydrogen-bond acceptors (Lipinski definition) is 3. The van der Waals surface area contributed by atoms with Crippen LogP contribution in [0, 0.1) is 11.3 Å². The van der Waals surface area contributed by atoms with Crippen LogP contribution in [-0.2, 0) is 4.79 Å². The number of carbonyl (C=O) groups is 1. The van der Waals surface area contributed by atoms with Crippen molar-refractivity contribution >= 4 is 5.91 Å². The van der Waals surface area contributed by atoms with Gasteiger partial charge in [-0.1, -0.05) is 39.0 Å². The Morgan fingerprint density at radius 2 is 2.10 bits per heavy atom. The Morgan fingerprint density at radius 3 is 2.67 bits per heavy atom. The first-order chi connectivity index (χ1) is 9.93. The van der Waals surface area contributed by atoms with E-state index >= 15 is 0 Å². The number of benzene rings is 1. The molecule has 21 heavy (non-hydrogen) atoms. The van der Waals surface area contributed by atoms with Crippen molar-refractivity contribution < 1.29 is 9.53 Å². The highest BCUT2D eigenvalue weighted by atomic mass is 16.5. The lowest BCUT2D eigenvalue weighted by Crippen LogP contribution is -2.40. The minimum absolute atomic E-state index is 0.0678. The fraction of sp³-hybridized carbons (Fsp3) is 0.588. The predicted octanol–water partition coefficient (Wildman–Crippen LogP) is 2.51. The van der Waals surface area contributed by atoms with Crippen molar-refractivity contribution in [2.75, 3.05) is 20.2 Å². The van der Waals surface area contributed by atoms with Gasteiger partial charge in [0.1, 0.15) is 5.75 Å². The first-order valence-corrected chi connectivity index (χ1v) is 7.57. The van der Waals surface area contributed by atoms with Gasteiger partial charge in [-0.2, -0.15) is 0 Å². The molecule has 1 amide bonds. The van der Waals surface area contributed by atoms with Crippen LogP contribution in [0.3, 0.4) is 0 Å². The Labute approximate surface area is 127 Å². The molecule has 1 saturated heterocycles. The molecule has 0 radical (unpaired) electrons. The number of rotatable bonds is 4. The minimum atomic E-state index is -0.0870. The molecule has 0 aromatic heterocycles. The van der Waals surface area contributed by atoms with E-state index < -0.39 is 0 Å². The summed E-state index contributed by atoms with van der Waals surface area (Å²) in [6, 6.07) is 7.84. The number of para-hydroxylation sites is 1. The van der Waals surface area contributed by atoms with Gasteiger partial charge in [0, 0.05) is 12.1 Å². The molecule has 1 fully saturated rings. The first kappa shape index (κ1) is 15.8. The maximum Gasteiger partial charge on any atom is 0.224 e. The van der Waals surface area contributed by atoms with E-state index in [0.29, 0.717) is 0 Å². The van der Waals surface area contributed by atoms with Crippen molar-refractivity contribution in [3.05, 3.63) is 29.8 Å². The van der Waals surface area contributed by atoms with Gasteiger partial charge < -0.3 is 15.4 Å². The van der Waals surface area contributed by atoms with Gasteiger partial charge in [-0.15, -0.1) is 0 Å². The van der Waals surface area contributed by atoms with Crippen molar-refractivity contribution in [3.8, 4) is 5.75 Å². The van der Waals surface area contributed by atoms with Crippen LogP contribution in [-0.4, -0.2) is 26.1 Å². The third kappa shape index (κ3) is 3.76. The summed E-state index contributed by atoms with van der Waals surface area (Å²) >= 11 is 0. The summed E-state index contributed by atoms with van der Waals surface area (Å²) in [5.41, 5.74) is 0.947. The Kier molecular flexibility index (Phi) is 4.88. The van der Waals surface area contributed by atoms with E-state index in [-0.39, 0.29) is 23.3 Å². The summed E-state index contributed by atoms with van der Waals surface area (Å²) in [5, 5.41) is 6.47. The molecule has 0 spiro atoms. The van der Waals surface area contributed by atoms with Gasteiger partial charge in [-0.3, -0.25) is 4.79 Å². The quantitative estimate of drug-likeness (QED) is 0.896. The van der Waals surface area contributed by atoms with Crippen LogP contribution >= 0.6 is 0 Å². The van der Waals surface area contributed by atoms with E-state index in [4.69, 9.17) is 4.74 Å². The number of nitrogens with one attached hydrogen (secondary N) is 2. The lowest BCUT2D eigenvalue weighted by molar-refractivity contribution is -0.126. The Balaban J connectivity index is 2.24. The zero-order valence-corrected chi connectivity index (χ0v) is 13.4. The first-order valence-electron chi connectivity index (χ1n) is 7.57. The molecule has 1 aliphatic heterocycles. The van der Waals surface area contributed by atoms with Gasteiger partial charge in [0.05, 0.1) is 19.1 Å². The molecule has 2 rings (SSSR count). The second kappa shape index (κ2) is 6.48. The second-order valence-corrected chi connectivity index (χ2v) is 6.74. The molecule has 2 atom stereocenters. The Bertz CT molecular complexity index is 488. The predicted molar refractivity (Wildman–Crippen MR) is 84.3 cm³/mol. The monoisotopic (exact) mass is 290 g/mol. The molecule has 1 heterocycles. The standard InChI is InChI=1S/C17H26N2O2/c1-17(2,3)15(13-7-5-6-8-14(13)21-4)19-16(20)12-9-10-18-11-12/h5-8,12,15,18H,9-11H2,1-4H3,(H,19,20)/t12-,15+/m0/s1. The van der Waals surface area contributed by atoms with Gasteiger partial charge in [-0.05, 0) is 24.4 Å². The van der Waals surface area contributed by atoms with Gasteiger partial charge in [-0.25, -0.2) is 0 Å². The molecule has 0 unspecified atom stereocenters.